The van der Waals surface area contributed by atoms with Crippen LogP contribution in [0.3, 0.4) is 0 Å². The summed E-state index contributed by atoms with van der Waals surface area (Å²) < 4.78 is 7.14. The molecule has 1 saturated carbocycles. The predicted octanol–water partition coefficient (Wildman–Crippen LogP) is 5.67. The molecule has 3 rings (SSSR count). The van der Waals surface area contributed by atoms with E-state index in [1.807, 2.05) is 23.6 Å². The van der Waals surface area contributed by atoms with Gasteiger partial charge < -0.3 is 4.74 Å². The molecule has 0 spiro atoms. The molecule has 27 heavy (non-hydrogen) atoms. The summed E-state index contributed by atoms with van der Waals surface area (Å²) in [4.78, 5) is 12.1. The maximum absolute atomic E-state index is 12.1. The fourth-order valence-electron chi connectivity index (χ4n) is 3.32. The van der Waals surface area contributed by atoms with Gasteiger partial charge in [-0.25, -0.2) is 0 Å². The number of hydrogen-bond donors (Lipinski definition) is 0. The summed E-state index contributed by atoms with van der Waals surface area (Å²) in [6.07, 6.45) is 5.84. The van der Waals surface area contributed by atoms with E-state index in [0.29, 0.717) is 27.7 Å². The average molecular weight is 428 g/mol. The van der Waals surface area contributed by atoms with Gasteiger partial charge in [0.05, 0.1) is 22.3 Å². The molecule has 0 aliphatic heterocycles. The molecule has 0 radical (unpaired) electrons. The molecule has 0 unspecified atom stereocenters. The molecule has 1 aromatic carbocycles. The Bertz CT molecular complexity index is 806. The summed E-state index contributed by atoms with van der Waals surface area (Å²) in [5.41, 5.74) is 0.855. The van der Waals surface area contributed by atoms with E-state index in [-0.39, 0.29) is 11.2 Å². The number of esters is 1. The summed E-state index contributed by atoms with van der Waals surface area (Å²) in [7, 11) is 0. The van der Waals surface area contributed by atoms with Crippen LogP contribution in [0.25, 0.3) is 5.69 Å². The van der Waals surface area contributed by atoms with Crippen molar-refractivity contribution in [2.24, 2.45) is 0 Å². The van der Waals surface area contributed by atoms with E-state index < -0.39 is 0 Å². The summed E-state index contributed by atoms with van der Waals surface area (Å²) in [6.45, 7) is 3.97. The van der Waals surface area contributed by atoms with Crippen LogP contribution >= 0.6 is 35.0 Å². The minimum absolute atomic E-state index is 0.259. The van der Waals surface area contributed by atoms with Crippen LogP contribution in [0.15, 0.2) is 23.4 Å². The Hall–Kier alpha value is -1.24. The zero-order chi connectivity index (χ0) is 19.4. The van der Waals surface area contributed by atoms with E-state index >= 15 is 0 Å². The van der Waals surface area contributed by atoms with Gasteiger partial charge in [-0.15, -0.1) is 10.2 Å². The van der Waals surface area contributed by atoms with Gasteiger partial charge in [0.15, 0.2) is 5.16 Å². The van der Waals surface area contributed by atoms with Gasteiger partial charge in [0.1, 0.15) is 11.1 Å². The number of ether oxygens (including phenoxy) is 1. The maximum Gasteiger partial charge on any atom is 0.319 e. The summed E-state index contributed by atoms with van der Waals surface area (Å²) in [5.74, 6) is 1.02. The Labute approximate surface area is 173 Å². The maximum atomic E-state index is 12.1. The van der Waals surface area contributed by atoms with Crippen LogP contribution in [-0.2, 0) is 9.53 Å². The lowest BCUT2D eigenvalue weighted by Gasteiger charge is -2.22. The van der Waals surface area contributed by atoms with E-state index in [9.17, 15) is 4.79 Å². The number of aromatic nitrogens is 3. The van der Waals surface area contributed by atoms with Gasteiger partial charge in [0.2, 0.25) is 0 Å². The molecule has 0 saturated heterocycles. The predicted molar refractivity (Wildman–Crippen MR) is 109 cm³/mol. The van der Waals surface area contributed by atoms with Crippen molar-refractivity contribution in [1.82, 2.24) is 14.8 Å². The topological polar surface area (TPSA) is 57.0 Å². The second-order valence-electron chi connectivity index (χ2n) is 6.62. The van der Waals surface area contributed by atoms with Crippen LogP contribution in [0.1, 0.15) is 57.7 Å². The summed E-state index contributed by atoms with van der Waals surface area (Å²) in [5, 5.41) is 10.1. The highest BCUT2D eigenvalue weighted by molar-refractivity contribution is 8.00. The van der Waals surface area contributed by atoms with Gasteiger partial charge in [-0.3, -0.25) is 9.36 Å². The van der Waals surface area contributed by atoms with Crippen LogP contribution in [0, 0.1) is 0 Å². The zero-order valence-corrected chi connectivity index (χ0v) is 17.8. The molecule has 1 heterocycles. The normalized spacial score (nSPS) is 16.3. The Morgan fingerprint density at radius 2 is 2.00 bits per heavy atom. The van der Waals surface area contributed by atoms with Crippen molar-refractivity contribution >= 4 is 40.9 Å². The van der Waals surface area contributed by atoms with Crippen molar-refractivity contribution in [3.8, 4) is 5.69 Å². The molecular weight excluding hydrogens is 405 g/mol. The quantitative estimate of drug-likeness (QED) is 0.439. The second-order valence-corrected chi connectivity index (χ2v) is 8.74. The van der Waals surface area contributed by atoms with Gasteiger partial charge in [-0.2, -0.15) is 0 Å². The highest BCUT2D eigenvalue weighted by Crippen LogP contribution is 2.36. The Balaban J connectivity index is 1.98. The largest absolute Gasteiger partial charge is 0.465 e. The van der Waals surface area contributed by atoms with Crippen molar-refractivity contribution in [3.05, 3.63) is 34.1 Å². The molecular formula is C19H23Cl2N3O2S. The minimum atomic E-state index is -0.380. The summed E-state index contributed by atoms with van der Waals surface area (Å²) in [6, 6.07) is 5.49. The van der Waals surface area contributed by atoms with Gasteiger partial charge in [-0.05, 0) is 44.9 Å². The average Bonchev–Trinajstić information content (AvgIpc) is 3.08. The molecule has 1 aromatic heterocycles. The lowest BCUT2D eigenvalue weighted by atomic mass is 9.88. The fraction of sp³-hybridized carbons (Fsp3) is 0.526. The highest BCUT2D eigenvalue weighted by atomic mass is 35.5. The first-order valence-electron chi connectivity index (χ1n) is 9.25. The number of thioether (sulfide) groups is 1. The number of nitrogens with zero attached hydrogens (tertiary/aromatic N) is 3. The van der Waals surface area contributed by atoms with Crippen LogP contribution in [-0.4, -0.2) is 32.6 Å². The molecule has 0 bridgehead atoms. The third-order valence-corrected chi connectivity index (χ3v) is 6.45. The van der Waals surface area contributed by atoms with Crippen LogP contribution < -0.4 is 0 Å². The van der Waals surface area contributed by atoms with Crippen LogP contribution in [0.4, 0.5) is 0 Å². The Morgan fingerprint density at radius 1 is 1.26 bits per heavy atom. The minimum Gasteiger partial charge on any atom is -0.465 e. The number of hydrogen-bond acceptors (Lipinski definition) is 5. The Morgan fingerprint density at radius 3 is 2.67 bits per heavy atom. The number of benzene rings is 1. The molecule has 146 valence electrons. The van der Waals surface area contributed by atoms with Crippen molar-refractivity contribution < 1.29 is 9.53 Å². The number of rotatable bonds is 6. The van der Waals surface area contributed by atoms with E-state index in [0.717, 1.165) is 24.4 Å². The lowest BCUT2D eigenvalue weighted by molar-refractivity contribution is -0.142. The molecule has 5 nitrogen and oxygen atoms in total. The number of carbonyl (C=O) groups excluding carboxylic acids is 1. The van der Waals surface area contributed by atoms with E-state index in [2.05, 4.69) is 10.2 Å². The van der Waals surface area contributed by atoms with Gasteiger partial charge in [0, 0.05) is 5.92 Å². The molecule has 0 amide bonds. The molecule has 1 atom stereocenters. The van der Waals surface area contributed by atoms with Crippen molar-refractivity contribution in [2.45, 2.75) is 62.3 Å². The molecule has 1 aliphatic carbocycles. The first-order valence-corrected chi connectivity index (χ1v) is 10.9. The highest BCUT2D eigenvalue weighted by Gasteiger charge is 2.27. The molecule has 0 N–H and O–H groups in total. The lowest BCUT2D eigenvalue weighted by Crippen LogP contribution is -2.18. The van der Waals surface area contributed by atoms with E-state index in [4.69, 9.17) is 27.9 Å². The third kappa shape index (κ3) is 4.79. The monoisotopic (exact) mass is 427 g/mol. The third-order valence-electron chi connectivity index (χ3n) is 4.69. The van der Waals surface area contributed by atoms with Crippen LogP contribution in [0.2, 0.25) is 10.0 Å². The number of carbonyl (C=O) groups is 1. The zero-order valence-electron chi connectivity index (χ0n) is 15.5. The first-order chi connectivity index (χ1) is 13.0. The van der Waals surface area contributed by atoms with E-state index in [1.165, 1.54) is 31.0 Å². The van der Waals surface area contributed by atoms with E-state index in [1.54, 1.807) is 13.0 Å². The van der Waals surface area contributed by atoms with Gasteiger partial charge >= 0.3 is 5.97 Å². The molecule has 1 aliphatic rings. The first kappa shape index (κ1) is 20.5. The van der Waals surface area contributed by atoms with Crippen molar-refractivity contribution in [3.63, 3.8) is 0 Å². The van der Waals surface area contributed by atoms with Gasteiger partial charge in [-0.1, -0.05) is 54.2 Å². The van der Waals surface area contributed by atoms with Crippen molar-refractivity contribution in [2.75, 3.05) is 6.61 Å². The smallest absolute Gasteiger partial charge is 0.319 e. The SMILES string of the molecule is CCOC(=O)[C@H](C)Sc1nnc(C2CCCCC2)n1-c1ccc(Cl)c(Cl)c1. The fourth-order valence-corrected chi connectivity index (χ4v) is 4.48. The standard InChI is InChI=1S/C19H23Cl2N3O2S/c1-3-26-18(25)12(2)27-19-23-22-17(13-7-5-4-6-8-13)24(19)14-9-10-15(20)16(21)11-14/h9-13H,3-8H2,1-2H3/t12-/m0/s1. The van der Waals surface area contributed by atoms with Crippen LogP contribution in [0.5, 0.6) is 0 Å². The second kappa shape index (κ2) is 9.30. The Kier molecular flexibility index (Phi) is 7.06. The summed E-state index contributed by atoms with van der Waals surface area (Å²) >= 11 is 13.7. The number of halogens is 2. The molecule has 8 heteroatoms. The molecule has 1 fully saturated rings. The molecule has 2 aromatic rings. The van der Waals surface area contributed by atoms with Crippen molar-refractivity contribution in [1.29, 1.82) is 0 Å². The van der Waals surface area contributed by atoms with Gasteiger partial charge in [0.25, 0.3) is 0 Å².